The Morgan fingerprint density at radius 1 is 1.50 bits per heavy atom. The Morgan fingerprint density at radius 3 is 2.69 bits per heavy atom. The molecule has 0 spiro atoms. The Balaban J connectivity index is 1.89. The number of aromatic carboxylic acids is 1. The predicted molar refractivity (Wildman–Crippen MR) is 54.9 cm³/mol. The average molecular weight is 223 g/mol. The van der Waals surface area contributed by atoms with Crippen LogP contribution in [0.4, 0.5) is 0 Å². The number of hydrogen-bond donors (Lipinski definition) is 2. The number of nitrogens with one attached hydrogen (secondary N) is 1. The summed E-state index contributed by atoms with van der Waals surface area (Å²) in [6.45, 7) is 2.15. The molecule has 1 aromatic rings. The summed E-state index contributed by atoms with van der Waals surface area (Å²) in [5.41, 5.74) is -0.220. The molecule has 0 radical (unpaired) electrons. The van der Waals surface area contributed by atoms with Crippen molar-refractivity contribution in [1.82, 2.24) is 5.32 Å². The van der Waals surface area contributed by atoms with Crippen LogP contribution in [0.15, 0.2) is 16.5 Å². The molecule has 0 saturated heterocycles. The van der Waals surface area contributed by atoms with Crippen molar-refractivity contribution in [3.8, 4) is 0 Å². The maximum absolute atomic E-state index is 11.6. The monoisotopic (exact) mass is 223 g/mol. The Hall–Kier alpha value is -1.78. The van der Waals surface area contributed by atoms with Gasteiger partial charge in [-0.1, -0.05) is 6.92 Å². The molecule has 0 unspecified atom stereocenters. The molecule has 1 aliphatic rings. The summed E-state index contributed by atoms with van der Waals surface area (Å²) in [5, 5.41) is 11.4. The van der Waals surface area contributed by atoms with E-state index in [1.54, 1.807) is 6.07 Å². The first-order chi connectivity index (χ1) is 7.51. The van der Waals surface area contributed by atoms with Gasteiger partial charge in [0.25, 0.3) is 0 Å². The van der Waals surface area contributed by atoms with Crippen LogP contribution in [0.1, 0.15) is 36.1 Å². The molecule has 1 aliphatic carbocycles. The zero-order valence-corrected chi connectivity index (χ0v) is 8.95. The lowest BCUT2D eigenvalue weighted by Gasteiger charge is -2.07. The molecule has 86 valence electrons. The summed E-state index contributed by atoms with van der Waals surface area (Å²) in [7, 11) is 0. The van der Waals surface area contributed by atoms with Gasteiger partial charge in [-0.15, -0.1) is 0 Å². The topological polar surface area (TPSA) is 79.5 Å². The molecule has 2 N–H and O–H groups in total. The fourth-order valence-corrected chi connectivity index (χ4v) is 1.38. The second-order valence-corrected chi connectivity index (χ2v) is 4.31. The molecule has 0 atom stereocenters. The van der Waals surface area contributed by atoms with Crippen molar-refractivity contribution < 1.29 is 19.1 Å². The first-order valence-electron chi connectivity index (χ1n) is 5.12. The smallest absolute Gasteiger partial charge is 0.371 e. The quantitative estimate of drug-likeness (QED) is 0.808. The maximum atomic E-state index is 11.6. The molecule has 2 rings (SSSR count). The minimum atomic E-state index is -1.10. The third-order valence-corrected chi connectivity index (χ3v) is 2.84. The predicted octanol–water partition coefficient (Wildman–Crippen LogP) is 1.39. The zero-order chi connectivity index (χ0) is 11.8. The molecule has 1 fully saturated rings. The van der Waals surface area contributed by atoms with Crippen molar-refractivity contribution in [3.05, 3.63) is 23.7 Å². The molecule has 1 saturated carbocycles. The van der Waals surface area contributed by atoms with E-state index < -0.39 is 5.97 Å². The largest absolute Gasteiger partial charge is 0.475 e. The standard InChI is InChI=1S/C11H13NO4/c1-11(4-5-11)10(15)12-6-7-2-3-8(16-7)9(13)14/h2-3H,4-6H2,1H3,(H,12,15)(H,13,14). The fraction of sp³-hybridized carbons (Fsp3) is 0.455. The molecule has 16 heavy (non-hydrogen) atoms. The van der Waals surface area contributed by atoms with E-state index in [2.05, 4.69) is 5.32 Å². The van der Waals surface area contributed by atoms with Crippen molar-refractivity contribution in [3.63, 3.8) is 0 Å². The number of rotatable bonds is 4. The Morgan fingerprint density at radius 2 is 2.19 bits per heavy atom. The number of amides is 1. The van der Waals surface area contributed by atoms with Crippen molar-refractivity contribution in [2.45, 2.75) is 26.3 Å². The van der Waals surface area contributed by atoms with Gasteiger partial charge in [0.15, 0.2) is 0 Å². The van der Waals surface area contributed by atoms with Gasteiger partial charge in [-0.25, -0.2) is 4.79 Å². The van der Waals surface area contributed by atoms with Crippen molar-refractivity contribution in [2.75, 3.05) is 0 Å². The number of hydrogen-bond acceptors (Lipinski definition) is 3. The lowest BCUT2D eigenvalue weighted by molar-refractivity contribution is -0.125. The lowest BCUT2D eigenvalue weighted by atomic mass is 10.1. The van der Waals surface area contributed by atoms with E-state index >= 15 is 0 Å². The molecule has 0 aromatic carbocycles. The summed E-state index contributed by atoms with van der Waals surface area (Å²) in [6.07, 6.45) is 1.83. The first kappa shape index (κ1) is 10.7. The number of carbonyl (C=O) groups is 2. The lowest BCUT2D eigenvalue weighted by Crippen LogP contribution is -2.29. The highest BCUT2D eigenvalue weighted by molar-refractivity contribution is 5.85. The van der Waals surface area contributed by atoms with Crippen LogP contribution in [0, 0.1) is 5.41 Å². The van der Waals surface area contributed by atoms with E-state index in [1.165, 1.54) is 6.07 Å². The average Bonchev–Trinajstić information content (AvgIpc) is 2.82. The molecular weight excluding hydrogens is 210 g/mol. The van der Waals surface area contributed by atoms with Crippen LogP contribution in [-0.4, -0.2) is 17.0 Å². The van der Waals surface area contributed by atoms with Gasteiger partial charge in [0, 0.05) is 5.41 Å². The second-order valence-electron chi connectivity index (χ2n) is 4.31. The summed E-state index contributed by atoms with van der Waals surface area (Å²) in [4.78, 5) is 22.1. The van der Waals surface area contributed by atoms with Gasteiger partial charge in [-0.3, -0.25) is 4.79 Å². The fourth-order valence-electron chi connectivity index (χ4n) is 1.38. The Labute approximate surface area is 92.4 Å². The van der Waals surface area contributed by atoms with Crippen LogP contribution in [0.25, 0.3) is 0 Å². The van der Waals surface area contributed by atoms with Crippen LogP contribution in [0.5, 0.6) is 0 Å². The van der Waals surface area contributed by atoms with Crippen LogP contribution in [0.3, 0.4) is 0 Å². The van der Waals surface area contributed by atoms with Crippen LogP contribution < -0.4 is 5.32 Å². The molecule has 0 aliphatic heterocycles. The van der Waals surface area contributed by atoms with Crippen molar-refractivity contribution in [2.24, 2.45) is 5.41 Å². The minimum Gasteiger partial charge on any atom is -0.475 e. The molecule has 5 nitrogen and oxygen atoms in total. The van der Waals surface area contributed by atoms with E-state index in [9.17, 15) is 9.59 Å². The molecule has 1 heterocycles. The van der Waals surface area contributed by atoms with Gasteiger partial charge >= 0.3 is 5.97 Å². The van der Waals surface area contributed by atoms with Gasteiger partial charge < -0.3 is 14.8 Å². The SMILES string of the molecule is CC1(C(=O)NCc2ccc(C(=O)O)o2)CC1. The molecule has 5 heteroatoms. The molecule has 1 amide bonds. The van der Waals surface area contributed by atoms with E-state index in [1.807, 2.05) is 6.92 Å². The number of carboxylic acid groups (broad SMARTS) is 1. The van der Waals surface area contributed by atoms with E-state index in [-0.39, 0.29) is 23.6 Å². The zero-order valence-electron chi connectivity index (χ0n) is 8.95. The van der Waals surface area contributed by atoms with E-state index in [4.69, 9.17) is 9.52 Å². The highest BCUT2D eigenvalue weighted by atomic mass is 16.4. The molecule has 1 aromatic heterocycles. The maximum Gasteiger partial charge on any atom is 0.371 e. The second kappa shape index (κ2) is 3.66. The minimum absolute atomic E-state index is 0.000718. The van der Waals surface area contributed by atoms with Crippen molar-refractivity contribution in [1.29, 1.82) is 0 Å². The van der Waals surface area contributed by atoms with Crippen LogP contribution in [-0.2, 0) is 11.3 Å². The highest BCUT2D eigenvalue weighted by Crippen LogP contribution is 2.44. The third kappa shape index (κ3) is 2.08. The Kier molecular flexibility index (Phi) is 2.46. The van der Waals surface area contributed by atoms with Gasteiger partial charge in [0.2, 0.25) is 11.7 Å². The summed E-state index contributed by atoms with van der Waals surface area (Å²) in [5.74, 6) is -0.760. The third-order valence-electron chi connectivity index (χ3n) is 2.84. The molecule has 0 bridgehead atoms. The highest BCUT2D eigenvalue weighted by Gasteiger charge is 2.44. The van der Waals surface area contributed by atoms with Gasteiger partial charge in [0.05, 0.1) is 6.54 Å². The Bertz CT molecular complexity index is 431. The normalized spacial score (nSPS) is 16.8. The summed E-state index contributed by atoms with van der Waals surface area (Å²) >= 11 is 0. The number of carboxylic acids is 1. The van der Waals surface area contributed by atoms with Crippen LogP contribution in [0.2, 0.25) is 0 Å². The van der Waals surface area contributed by atoms with Gasteiger partial charge in [0.1, 0.15) is 5.76 Å². The van der Waals surface area contributed by atoms with Crippen molar-refractivity contribution >= 4 is 11.9 Å². The summed E-state index contributed by atoms with van der Waals surface area (Å²) < 4.78 is 5.01. The van der Waals surface area contributed by atoms with E-state index in [0.29, 0.717) is 5.76 Å². The number of furan rings is 1. The first-order valence-corrected chi connectivity index (χ1v) is 5.12. The van der Waals surface area contributed by atoms with Gasteiger partial charge in [-0.05, 0) is 25.0 Å². The van der Waals surface area contributed by atoms with E-state index in [0.717, 1.165) is 12.8 Å². The number of carbonyl (C=O) groups excluding carboxylic acids is 1. The van der Waals surface area contributed by atoms with Gasteiger partial charge in [-0.2, -0.15) is 0 Å². The molecular formula is C11H13NO4. The summed E-state index contributed by atoms with van der Waals surface area (Å²) in [6, 6.07) is 2.93. The van der Waals surface area contributed by atoms with Crippen LogP contribution >= 0.6 is 0 Å².